The quantitative estimate of drug-likeness (QED) is 0.0176. The number of nitrogens with one attached hydrogen (secondary N) is 6. The van der Waals surface area contributed by atoms with Gasteiger partial charge in [0, 0.05) is 143 Å². The Balaban J connectivity index is 1.27. The zero-order valence-corrected chi connectivity index (χ0v) is 83.2. The van der Waals surface area contributed by atoms with E-state index in [1.54, 1.807) is 35.8 Å². The molecular weight excluding hydrogens is 1840 g/mol. The van der Waals surface area contributed by atoms with Crippen LogP contribution in [0.25, 0.3) is 0 Å². The SMILES string of the molecule is COC[C@H]1C[C@H](OC)CN1C(=O)CCCCC(=O)CCCSSCCOCCOCCC(=O)CC(CCCOC(=O)CCCCCCCNC(=O)CCCOC1OC(CO)C(O)C(O)C1NC(C)=O)(CCCOC(=O)CCCCCCCNC(=O)CCCOC1OC(CO)C(O)C(O)C1NC(C)=O)CCCOC(=O)NCCCCCCCC(=O)CCCOC1OC(CO)C(O)C(O)C1NC(C)=O. The molecule has 792 valence electrons. The second-order valence-corrected chi connectivity index (χ2v) is 38.5. The molecule has 0 saturated carbocycles. The number of amides is 7. The molecule has 4 saturated heterocycles. The molecule has 137 heavy (non-hydrogen) atoms. The third-order valence-corrected chi connectivity index (χ3v) is 26.8. The summed E-state index contributed by atoms with van der Waals surface area (Å²) in [6.07, 6.45) is 3.69. The van der Waals surface area contributed by atoms with Crippen molar-refractivity contribution in [1.29, 1.82) is 0 Å². The largest absolute Gasteiger partial charge is 0.466 e. The molecular formula is C94H165N7O34S2. The molecule has 15 unspecified atom stereocenters. The Morgan fingerprint density at radius 1 is 0.380 bits per heavy atom. The van der Waals surface area contributed by atoms with Gasteiger partial charge in [-0.15, -0.1) is 0 Å². The molecule has 0 aromatic heterocycles. The highest BCUT2D eigenvalue weighted by Gasteiger charge is 2.49. The molecule has 15 N–H and O–H groups in total. The number of nitrogens with zero attached hydrogens (tertiary/aromatic N) is 1. The molecule has 4 rings (SSSR count). The molecule has 7 amide bonds. The molecule has 43 heteroatoms. The number of carbonyl (C=O) groups excluding carboxylic acids is 12. The van der Waals surface area contributed by atoms with Gasteiger partial charge in [-0.3, -0.25) is 52.7 Å². The molecule has 4 heterocycles. The van der Waals surface area contributed by atoms with Crippen LogP contribution in [-0.4, -0.2) is 370 Å². The molecule has 0 bridgehead atoms. The third-order valence-electron chi connectivity index (χ3n) is 24.3. The molecule has 17 atom stereocenters. The van der Waals surface area contributed by atoms with E-state index in [1.807, 2.05) is 4.90 Å². The van der Waals surface area contributed by atoms with E-state index >= 15 is 0 Å². The number of unbranched alkanes of at least 4 members (excludes halogenated alkanes) is 13. The van der Waals surface area contributed by atoms with E-state index in [0.29, 0.717) is 181 Å². The first-order chi connectivity index (χ1) is 66.0. The lowest BCUT2D eigenvalue weighted by atomic mass is 9.71. The standard InChI is InChI=1S/C94H165N7O34S2/c1-65(105)98-81-87(119)84(116)73(61-102)133-90(81)129-46-23-32-69(108)30-15-9-6-14-22-45-97-93(122)132-51-29-42-94(40-27-49-127-79(114)37-16-10-7-12-20-43-95-76(111)34-24-47-130-91-82(99-66(2)106)88(120)85(117)74(62-103)134-91,41-28-50-128-80(115)38-17-11-8-13-21-44-96-77(112)35-25-48-131-92-83(100-67(3)107)89(121)86(118)75(63-104)135-92)59-71(110)39-52-125-53-54-126-55-57-137-136-56-26-33-70(109)31-18-19-36-78(113)101-60-72(124-5)58-68(101)64-123-4/h68,72-75,81-92,102-104,116-121H,6-64H2,1-5H3,(H,95,111)(H,96,112)(H,97,122)(H,98,105)(H,99,106)(H,100,107)/t68-,72+,73?,74?,75?,81?,82?,83?,84?,85?,86?,87?,88?,89?,90?,91?,92?,94?/m1/s1. The number of rotatable bonds is 81. The van der Waals surface area contributed by atoms with Crippen molar-refractivity contribution < 1.29 is 165 Å². The number of methoxy groups -OCH3 is 2. The molecule has 4 fully saturated rings. The second-order valence-electron chi connectivity index (χ2n) is 35.8. The number of carbonyl (C=O) groups is 12. The number of hydrogen-bond acceptors (Lipinski definition) is 36. The van der Waals surface area contributed by atoms with Crippen molar-refractivity contribution in [3.8, 4) is 0 Å². The van der Waals surface area contributed by atoms with Crippen molar-refractivity contribution in [1.82, 2.24) is 36.8 Å². The maximum Gasteiger partial charge on any atom is 0.407 e. The minimum absolute atomic E-state index is 0.000265. The lowest BCUT2D eigenvalue weighted by molar-refractivity contribution is -0.270. The Hall–Kier alpha value is -6.02. The topological polar surface area (TPSA) is 582 Å². The fraction of sp³-hybridized carbons (Fsp3) is 0.872. The summed E-state index contributed by atoms with van der Waals surface area (Å²) in [7, 11) is 6.61. The number of hydrogen-bond donors (Lipinski definition) is 15. The van der Waals surface area contributed by atoms with Gasteiger partial charge in [-0.05, 0) is 127 Å². The average Bonchev–Trinajstić information content (AvgIpc) is 1.36. The average molecular weight is 2000 g/mol. The molecule has 0 aliphatic carbocycles. The molecule has 0 aromatic rings. The number of ether oxygens (including phenoxy) is 13. The Labute approximate surface area is 815 Å². The predicted molar refractivity (Wildman–Crippen MR) is 503 cm³/mol. The van der Waals surface area contributed by atoms with E-state index < -0.39 is 141 Å². The summed E-state index contributed by atoms with van der Waals surface area (Å²) in [6, 6.07) is -3.26. The second kappa shape index (κ2) is 74.8. The molecule has 0 aromatic carbocycles. The summed E-state index contributed by atoms with van der Waals surface area (Å²) >= 11 is 0. The number of esters is 2. The lowest BCUT2D eigenvalue weighted by Gasteiger charge is -2.42. The zero-order valence-electron chi connectivity index (χ0n) is 81.5. The first-order valence-corrected chi connectivity index (χ1v) is 52.0. The molecule has 41 nitrogen and oxygen atoms in total. The summed E-state index contributed by atoms with van der Waals surface area (Å²) in [5.74, 6) is -0.855. The summed E-state index contributed by atoms with van der Waals surface area (Å²) in [6.45, 7) is 5.67. The molecule has 0 spiro atoms. The normalized spacial score (nSPS) is 23.6. The number of likely N-dealkylation sites (tertiary alicyclic amines) is 1. The van der Waals surface area contributed by atoms with Crippen LogP contribution in [0.4, 0.5) is 4.79 Å². The fourth-order valence-corrected chi connectivity index (χ4v) is 18.7. The number of aliphatic hydroxyl groups excluding tert-OH is 9. The van der Waals surface area contributed by atoms with Gasteiger partial charge in [-0.2, -0.15) is 0 Å². The minimum atomic E-state index is -1.46. The van der Waals surface area contributed by atoms with Crippen LogP contribution in [0, 0.1) is 5.41 Å². The van der Waals surface area contributed by atoms with Crippen molar-refractivity contribution in [2.45, 2.75) is 375 Å². The van der Waals surface area contributed by atoms with E-state index in [9.17, 15) is 103 Å². The van der Waals surface area contributed by atoms with Crippen molar-refractivity contribution in [2.24, 2.45) is 5.41 Å². The van der Waals surface area contributed by atoms with Crippen LogP contribution in [0.5, 0.6) is 0 Å². The summed E-state index contributed by atoms with van der Waals surface area (Å²) in [5, 5.41) is 107. The maximum absolute atomic E-state index is 14.2. The predicted octanol–water partition coefficient (Wildman–Crippen LogP) is 4.11. The number of alkyl carbamates (subject to hydrolysis) is 1. The van der Waals surface area contributed by atoms with Gasteiger partial charge >= 0.3 is 18.0 Å². The number of aliphatic hydroxyl groups is 9. The van der Waals surface area contributed by atoms with Crippen LogP contribution in [0.1, 0.15) is 271 Å². The van der Waals surface area contributed by atoms with E-state index in [0.717, 1.165) is 82.1 Å². The van der Waals surface area contributed by atoms with Crippen molar-refractivity contribution in [3.63, 3.8) is 0 Å². The summed E-state index contributed by atoms with van der Waals surface area (Å²) in [5.41, 5.74) is -0.712. The van der Waals surface area contributed by atoms with Crippen LogP contribution in [0.2, 0.25) is 0 Å². The van der Waals surface area contributed by atoms with Crippen LogP contribution < -0.4 is 31.9 Å². The van der Waals surface area contributed by atoms with Crippen LogP contribution in [-0.2, 0) is 114 Å². The van der Waals surface area contributed by atoms with Gasteiger partial charge in [0.05, 0.1) is 105 Å². The van der Waals surface area contributed by atoms with Crippen molar-refractivity contribution >= 4 is 92.4 Å². The third kappa shape index (κ3) is 53.8. The Kier molecular flexibility index (Phi) is 67.3. The minimum Gasteiger partial charge on any atom is -0.466 e. The van der Waals surface area contributed by atoms with Gasteiger partial charge < -0.3 is 144 Å². The molecule has 0 radical (unpaired) electrons. The van der Waals surface area contributed by atoms with Gasteiger partial charge in [0.25, 0.3) is 0 Å². The van der Waals surface area contributed by atoms with Crippen LogP contribution in [0.3, 0.4) is 0 Å². The highest BCUT2D eigenvalue weighted by molar-refractivity contribution is 8.76. The highest BCUT2D eigenvalue weighted by Crippen LogP contribution is 2.40. The maximum atomic E-state index is 14.2. The summed E-state index contributed by atoms with van der Waals surface area (Å²) in [4.78, 5) is 154. The first-order valence-electron chi connectivity index (χ1n) is 49.5. The van der Waals surface area contributed by atoms with Crippen molar-refractivity contribution in [3.05, 3.63) is 0 Å². The zero-order chi connectivity index (χ0) is 100. The van der Waals surface area contributed by atoms with Crippen LogP contribution in [0.15, 0.2) is 0 Å². The summed E-state index contributed by atoms with van der Waals surface area (Å²) < 4.78 is 73.7. The van der Waals surface area contributed by atoms with Gasteiger partial charge in [0.1, 0.15) is 90.4 Å². The van der Waals surface area contributed by atoms with E-state index in [2.05, 4.69) is 31.9 Å². The smallest absolute Gasteiger partial charge is 0.407 e. The van der Waals surface area contributed by atoms with Crippen molar-refractivity contribution in [2.75, 3.05) is 144 Å². The monoisotopic (exact) mass is 2000 g/mol. The van der Waals surface area contributed by atoms with Gasteiger partial charge in [-0.1, -0.05) is 79.4 Å². The molecule has 4 aliphatic heterocycles. The van der Waals surface area contributed by atoms with E-state index in [1.165, 1.54) is 20.8 Å². The molecule has 4 aliphatic rings. The fourth-order valence-electron chi connectivity index (χ4n) is 16.8. The van der Waals surface area contributed by atoms with Gasteiger partial charge in [-0.25, -0.2) is 4.79 Å². The van der Waals surface area contributed by atoms with Gasteiger partial charge in [0.2, 0.25) is 35.4 Å². The van der Waals surface area contributed by atoms with Gasteiger partial charge in [0.15, 0.2) is 18.9 Å². The first kappa shape index (κ1) is 123. The number of ketones is 3. The van der Waals surface area contributed by atoms with E-state index in [4.69, 9.17) is 61.6 Å². The van der Waals surface area contributed by atoms with Crippen LogP contribution >= 0.6 is 21.6 Å². The Morgan fingerprint density at radius 2 is 0.759 bits per heavy atom. The number of Topliss-reactive ketones (excluding diaryl/α,β-unsaturated/α-hetero) is 3. The lowest BCUT2D eigenvalue weighted by Crippen LogP contribution is -2.64. The van der Waals surface area contributed by atoms with E-state index in [-0.39, 0.29) is 157 Å². The Bertz CT molecular complexity index is 3130. The highest BCUT2D eigenvalue weighted by atomic mass is 33.1. The Morgan fingerprint density at radius 3 is 1.20 bits per heavy atom.